The Morgan fingerprint density at radius 3 is 1.72 bits per heavy atom. The van der Waals surface area contributed by atoms with Crippen molar-refractivity contribution in [3.63, 3.8) is 0 Å². The first-order valence-corrected chi connectivity index (χ1v) is 19.7. The minimum absolute atomic E-state index is 0.624. The summed E-state index contributed by atoms with van der Waals surface area (Å²) in [6, 6.07) is 60.9. The number of hydrogen-bond donors (Lipinski definition) is 0. The van der Waals surface area contributed by atoms with Crippen LogP contribution in [0.4, 0.5) is 0 Å². The van der Waals surface area contributed by atoms with Crippen LogP contribution in [0.5, 0.6) is 5.75 Å². The summed E-state index contributed by atoms with van der Waals surface area (Å²) in [5.74, 6) is 3.64. The fraction of sp³-hybridized carbons (Fsp3) is 0.0566. The Hall–Kier alpha value is -7.50. The number of nitrogens with zero attached hydrogens (tertiary/aromatic N) is 4. The van der Waals surface area contributed by atoms with Crippen LogP contribution in [0.2, 0.25) is 0 Å². The first kappa shape index (κ1) is 35.0. The molecule has 5 heteroatoms. The molecule has 7 aromatic carbocycles. The van der Waals surface area contributed by atoms with Crippen molar-refractivity contribution in [1.29, 1.82) is 0 Å². The van der Waals surface area contributed by atoms with Crippen molar-refractivity contribution in [2.45, 2.75) is 19.8 Å². The van der Waals surface area contributed by atoms with Gasteiger partial charge < -0.3 is 4.74 Å². The number of allylic oxidation sites excluding steroid dienone is 1. The van der Waals surface area contributed by atoms with Crippen molar-refractivity contribution in [3.8, 4) is 73.3 Å². The number of aromatic nitrogens is 4. The van der Waals surface area contributed by atoms with E-state index < -0.39 is 0 Å². The van der Waals surface area contributed by atoms with Crippen LogP contribution in [-0.2, 0) is 6.42 Å². The Balaban J connectivity index is 1.09. The van der Waals surface area contributed by atoms with Gasteiger partial charge in [-0.3, -0.25) is 4.98 Å². The maximum Gasteiger partial charge on any atom is 0.164 e. The summed E-state index contributed by atoms with van der Waals surface area (Å²) in [7, 11) is 0. The van der Waals surface area contributed by atoms with Crippen LogP contribution in [0, 0.1) is 0 Å². The van der Waals surface area contributed by atoms with Gasteiger partial charge in [-0.1, -0.05) is 158 Å². The molecule has 0 aliphatic carbocycles. The van der Waals surface area contributed by atoms with E-state index in [-0.39, 0.29) is 0 Å². The number of benzene rings is 7. The molecule has 10 rings (SSSR count). The smallest absolute Gasteiger partial charge is 0.164 e. The van der Waals surface area contributed by atoms with Crippen molar-refractivity contribution in [3.05, 3.63) is 205 Å². The highest BCUT2D eigenvalue weighted by molar-refractivity contribution is 6.05. The molecule has 0 saturated heterocycles. The van der Waals surface area contributed by atoms with Gasteiger partial charge in [-0.15, -0.1) is 0 Å². The number of fused-ring (bicyclic) bond motifs is 2. The third kappa shape index (κ3) is 6.73. The summed E-state index contributed by atoms with van der Waals surface area (Å²) in [5, 5.41) is 2.37. The summed E-state index contributed by atoms with van der Waals surface area (Å²) < 4.78 is 6.96. The first-order valence-electron chi connectivity index (χ1n) is 19.7. The average Bonchev–Trinajstić information content (AvgIpc) is 3.48. The lowest BCUT2D eigenvalue weighted by molar-refractivity contribution is 0.509. The molecule has 0 radical (unpaired) electrons. The highest BCUT2D eigenvalue weighted by atomic mass is 16.5. The lowest BCUT2D eigenvalue weighted by Crippen LogP contribution is -2.00. The Kier molecular flexibility index (Phi) is 9.16. The average molecular weight is 747 g/mol. The number of hydrogen-bond acceptors (Lipinski definition) is 5. The lowest BCUT2D eigenvalue weighted by atomic mass is 9.86. The maximum atomic E-state index is 6.96. The van der Waals surface area contributed by atoms with E-state index in [9.17, 15) is 0 Å². The Morgan fingerprint density at radius 1 is 0.431 bits per heavy atom. The molecule has 3 heterocycles. The third-order valence-corrected chi connectivity index (χ3v) is 10.9. The summed E-state index contributed by atoms with van der Waals surface area (Å²) in [6.45, 7) is 2.18. The zero-order chi connectivity index (χ0) is 38.8. The minimum Gasteiger partial charge on any atom is -0.456 e. The van der Waals surface area contributed by atoms with Gasteiger partial charge in [-0.05, 0) is 82.1 Å². The van der Waals surface area contributed by atoms with Gasteiger partial charge in [0.1, 0.15) is 11.5 Å². The molecule has 0 unspecified atom stereocenters. The SMILES string of the molecule is CC1=C(c2cncc(-c3ccccc3)c2)Oc2cccc(-c3c(-c4cccc(-c5nc(-c6ccccc6)nc(-c6ccccc6)n5)c4)ccc4ccccc34)c2CC1. The van der Waals surface area contributed by atoms with E-state index >= 15 is 0 Å². The van der Waals surface area contributed by atoms with Gasteiger partial charge >= 0.3 is 0 Å². The van der Waals surface area contributed by atoms with Crippen LogP contribution in [0.25, 0.3) is 84.1 Å². The van der Waals surface area contributed by atoms with Crippen molar-refractivity contribution in [2.75, 3.05) is 0 Å². The number of pyridine rings is 1. The number of ether oxygens (including phenoxy) is 1. The first-order chi connectivity index (χ1) is 28.7. The molecule has 0 saturated carbocycles. The third-order valence-electron chi connectivity index (χ3n) is 10.9. The van der Waals surface area contributed by atoms with E-state index in [0.717, 1.165) is 74.4 Å². The summed E-state index contributed by atoms with van der Waals surface area (Å²) in [5.41, 5.74) is 12.9. The van der Waals surface area contributed by atoms with Gasteiger partial charge in [0.05, 0.1) is 0 Å². The van der Waals surface area contributed by atoms with E-state index in [1.165, 1.54) is 27.5 Å². The Morgan fingerprint density at radius 2 is 1.00 bits per heavy atom. The molecule has 0 N–H and O–H groups in total. The second kappa shape index (κ2) is 15.2. The van der Waals surface area contributed by atoms with E-state index in [1.54, 1.807) is 0 Å². The largest absolute Gasteiger partial charge is 0.456 e. The Labute approximate surface area is 338 Å². The lowest BCUT2D eigenvalue weighted by Gasteiger charge is -2.19. The van der Waals surface area contributed by atoms with Crippen molar-refractivity contribution in [2.24, 2.45) is 0 Å². The molecule has 5 nitrogen and oxygen atoms in total. The van der Waals surface area contributed by atoms with Gasteiger partial charge in [-0.25, -0.2) is 15.0 Å². The normalized spacial score (nSPS) is 12.5. The molecule has 1 aliphatic rings. The van der Waals surface area contributed by atoms with Crippen LogP contribution < -0.4 is 4.74 Å². The molecular formula is C53H38N4O. The van der Waals surface area contributed by atoms with Gasteiger partial charge in [0, 0.05) is 45.8 Å². The highest BCUT2D eigenvalue weighted by Gasteiger charge is 2.23. The Bertz CT molecular complexity index is 2920. The summed E-state index contributed by atoms with van der Waals surface area (Å²) in [4.78, 5) is 19.7. The molecule has 0 fully saturated rings. The van der Waals surface area contributed by atoms with Crippen molar-refractivity contribution < 1.29 is 4.74 Å². The molecule has 9 aromatic rings. The predicted molar refractivity (Wildman–Crippen MR) is 236 cm³/mol. The molecule has 1 aliphatic heterocycles. The van der Waals surface area contributed by atoms with E-state index in [2.05, 4.69) is 121 Å². The van der Waals surface area contributed by atoms with E-state index in [4.69, 9.17) is 19.7 Å². The molecule has 0 atom stereocenters. The molecule has 0 spiro atoms. The topological polar surface area (TPSA) is 60.8 Å². The minimum atomic E-state index is 0.624. The quantitative estimate of drug-likeness (QED) is 0.162. The van der Waals surface area contributed by atoms with Crippen molar-refractivity contribution in [1.82, 2.24) is 19.9 Å². The predicted octanol–water partition coefficient (Wildman–Crippen LogP) is 13.2. The molecule has 276 valence electrons. The highest BCUT2D eigenvalue weighted by Crippen LogP contribution is 2.45. The maximum absolute atomic E-state index is 6.96. The second-order valence-corrected chi connectivity index (χ2v) is 14.7. The van der Waals surface area contributed by atoms with Crippen LogP contribution >= 0.6 is 0 Å². The fourth-order valence-corrected chi connectivity index (χ4v) is 8.00. The summed E-state index contributed by atoms with van der Waals surface area (Å²) in [6.07, 6.45) is 5.52. The van der Waals surface area contributed by atoms with E-state index in [1.807, 2.05) is 79.1 Å². The zero-order valence-electron chi connectivity index (χ0n) is 32.0. The molecule has 0 amide bonds. The second-order valence-electron chi connectivity index (χ2n) is 14.7. The van der Waals surface area contributed by atoms with Crippen LogP contribution in [0.3, 0.4) is 0 Å². The fourth-order valence-electron chi connectivity index (χ4n) is 8.00. The zero-order valence-corrected chi connectivity index (χ0v) is 32.0. The van der Waals surface area contributed by atoms with E-state index in [0.29, 0.717) is 17.5 Å². The van der Waals surface area contributed by atoms with Gasteiger partial charge in [-0.2, -0.15) is 0 Å². The van der Waals surface area contributed by atoms with Crippen LogP contribution in [0.15, 0.2) is 194 Å². The standard InChI is InChI=1S/C53H38N4O/c1-35-27-29-46-47(25-14-26-48(46)58-50(35)43-32-42(33-54-34-43)36-15-5-2-6-16-36)49-44-24-12-11-17-37(44)28-30-45(49)40-22-13-23-41(31-40)53-56-51(38-18-7-3-8-19-38)55-52(57-53)39-20-9-4-10-21-39/h2-26,28,30-34H,27,29H2,1H3. The summed E-state index contributed by atoms with van der Waals surface area (Å²) >= 11 is 0. The molecule has 0 bridgehead atoms. The number of rotatable bonds is 7. The van der Waals surface area contributed by atoms with Crippen molar-refractivity contribution >= 4 is 16.5 Å². The molecule has 58 heavy (non-hydrogen) atoms. The van der Waals surface area contributed by atoms with Gasteiger partial charge in [0.2, 0.25) is 0 Å². The van der Waals surface area contributed by atoms with Crippen LogP contribution in [0.1, 0.15) is 24.5 Å². The van der Waals surface area contributed by atoms with Gasteiger partial charge in [0.25, 0.3) is 0 Å². The molecular weight excluding hydrogens is 709 g/mol. The monoisotopic (exact) mass is 746 g/mol. The van der Waals surface area contributed by atoms with Crippen LogP contribution in [-0.4, -0.2) is 19.9 Å². The van der Waals surface area contributed by atoms with Gasteiger partial charge in [0.15, 0.2) is 17.5 Å². The molecule has 2 aromatic heterocycles.